The van der Waals surface area contributed by atoms with E-state index in [9.17, 15) is 0 Å². The fraction of sp³-hybridized carbons (Fsp3) is 0.400. The number of benzene rings is 2. The molecule has 0 bridgehead atoms. The van der Waals surface area contributed by atoms with Crippen LogP contribution >= 0.6 is 0 Å². The number of aryl methyl sites for hydroxylation is 4. The molecule has 2 heterocycles. The summed E-state index contributed by atoms with van der Waals surface area (Å²) in [6, 6.07) is 13.6. The van der Waals surface area contributed by atoms with Crippen LogP contribution < -0.4 is 4.57 Å². The second kappa shape index (κ2) is 6.67. The molecule has 0 amide bonds. The van der Waals surface area contributed by atoms with Gasteiger partial charge in [0.25, 0.3) is 5.82 Å². The zero-order valence-corrected chi connectivity index (χ0v) is 17.3. The van der Waals surface area contributed by atoms with E-state index in [1.807, 2.05) is 0 Å². The molecular weight excluding hydrogens is 328 g/mol. The van der Waals surface area contributed by atoms with Crippen molar-refractivity contribution in [3.05, 3.63) is 71.0 Å². The Labute approximate surface area is 163 Å². The molecule has 1 aliphatic rings. The first-order valence-corrected chi connectivity index (χ1v) is 10.3. The zero-order chi connectivity index (χ0) is 19.2. The van der Waals surface area contributed by atoms with Gasteiger partial charge in [0.05, 0.1) is 5.56 Å². The first-order chi connectivity index (χ1) is 13.0. The van der Waals surface area contributed by atoms with E-state index in [-0.39, 0.29) is 5.54 Å². The maximum atomic E-state index is 2.58. The summed E-state index contributed by atoms with van der Waals surface area (Å²) >= 11 is 0. The topological polar surface area (TPSA) is 8.81 Å². The van der Waals surface area contributed by atoms with Crippen molar-refractivity contribution in [2.75, 3.05) is 0 Å². The summed E-state index contributed by atoms with van der Waals surface area (Å²) < 4.78 is 5.02. The van der Waals surface area contributed by atoms with Gasteiger partial charge in [0.1, 0.15) is 23.6 Å². The normalized spacial score (nSPS) is 15.1. The minimum Gasteiger partial charge on any atom is -0.224 e. The highest BCUT2D eigenvalue weighted by Crippen LogP contribution is 2.36. The summed E-state index contributed by atoms with van der Waals surface area (Å²) in [5, 5.41) is 0. The number of imidazole rings is 1. The number of rotatable bonds is 3. The lowest BCUT2D eigenvalue weighted by molar-refractivity contribution is -0.756. The minimum atomic E-state index is 0.187. The summed E-state index contributed by atoms with van der Waals surface area (Å²) in [7, 11) is 0. The van der Waals surface area contributed by atoms with Crippen molar-refractivity contribution < 1.29 is 4.57 Å². The molecule has 27 heavy (non-hydrogen) atoms. The maximum absolute atomic E-state index is 2.58. The third-order valence-corrected chi connectivity index (χ3v) is 6.64. The van der Waals surface area contributed by atoms with E-state index in [0.717, 1.165) is 19.3 Å². The van der Waals surface area contributed by atoms with Crippen LogP contribution in [0.4, 0.5) is 0 Å². The third-order valence-electron chi connectivity index (χ3n) is 6.64. The van der Waals surface area contributed by atoms with Gasteiger partial charge in [-0.25, -0.2) is 4.57 Å². The number of hydrogen-bond donors (Lipinski definition) is 0. The summed E-state index contributed by atoms with van der Waals surface area (Å²) in [6.45, 7) is 11.3. The molecule has 0 N–H and O–H groups in total. The molecule has 0 atom stereocenters. The van der Waals surface area contributed by atoms with Gasteiger partial charge >= 0.3 is 0 Å². The molecule has 1 aliphatic heterocycles. The van der Waals surface area contributed by atoms with Crippen LogP contribution in [-0.4, -0.2) is 4.57 Å². The molecule has 2 nitrogen and oxygen atoms in total. The van der Waals surface area contributed by atoms with E-state index in [4.69, 9.17) is 0 Å². The highest BCUT2D eigenvalue weighted by Gasteiger charge is 2.41. The summed E-state index contributed by atoms with van der Waals surface area (Å²) in [4.78, 5) is 0. The minimum absolute atomic E-state index is 0.187. The van der Waals surface area contributed by atoms with Gasteiger partial charge < -0.3 is 0 Å². The molecule has 140 valence electrons. The standard InChI is InChI=1S/C25H31N2/c1-6-25(7-2)13-12-21-10-8-9-11-22(21)24-26(14-15-27(24)25)23-19(4)16-18(3)17-20(23)5/h8-11,14-17H,6-7,12-13H2,1-5H3/q+1. The average Bonchev–Trinajstić information content (AvgIpc) is 3.01. The van der Waals surface area contributed by atoms with Crippen LogP contribution in [0.1, 0.15) is 55.4 Å². The quantitative estimate of drug-likeness (QED) is 0.521. The molecular formula is C25H31N2+. The largest absolute Gasteiger partial charge is 0.294 e. The van der Waals surface area contributed by atoms with Gasteiger partial charge in [-0.3, -0.25) is 0 Å². The maximum Gasteiger partial charge on any atom is 0.294 e. The molecule has 4 rings (SSSR count). The van der Waals surface area contributed by atoms with Crippen molar-refractivity contribution in [3.8, 4) is 17.1 Å². The van der Waals surface area contributed by atoms with Gasteiger partial charge in [-0.05, 0) is 69.2 Å². The smallest absolute Gasteiger partial charge is 0.224 e. The summed E-state index contributed by atoms with van der Waals surface area (Å²) in [5.41, 5.74) is 8.37. The van der Waals surface area contributed by atoms with Gasteiger partial charge in [-0.2, -0.15) is 4.57 Å². The van der Waals surface area contributed by atoms with Crippen LogP contribution in [0.2, 0.25) is 0 Å². The van der Waals surface area contributed by atoms with Gasteiger partial charge in [0, 0.05) is 0 Å². The second-order valence-electron chi connectivity index (χ2n) is 8.20. The van der Waals surface area contributed by atoms with Gasteiger partial charge in [-0.15, -0.1) is 0 Å². The number of nitrogens with zero attached hydrogens (tertiary/aromatic N) is 2. The van der Waals surface area contributed by atoms with Crippen LogP contribution in [0, 0.1) is 20.8 Å². The predicted octanol–water partition coefficient (Wildman–Crippen LogP) is 5.82. The van der Waals surface area contributed by atoms with Crippen LogP contribution in [0.3, 0.4) is 0 Å². The van der Waals surface area contributed by atoms with E-state index in [0.29, 0.717) is 0 Å². The number of aromatic nitrogens is 2. The Morgan fingerprint density at radius 1 is 1.00 bits per heavy atom. The molecule has 3 aromatic rings. The van der Waals surface area contributed by atoms with E-state index >= 15 is 0 Å². The SMILES string of the molecule is CCC1(CC)CCc2ccccc2-c2n(-c3c(C)cc(C)cc3C)cc[n+]21. The highest BCUT2D eigenvalue weighted by atomic mass is 15.2. The van der Waals surface area contributed by atoms with Crippen molar-refractivity contribution in [1.29, 1.82) is 0 Å². The fourth-order valence-electron chi connectivity index (χ4n) is 5.15. The third kappa shape index (κ3) is 2.74. The van der Waals surface area contributed by atoms with E-state index in [1.165, 1.54) is 45.7 Å². The Balaban J connectivity index is 2.07. The molecule has 0 saturated carbocycles. The summed E-state index contributed by atoms with van der Waals surface area (Å²) in [5.74, 6) is 1.34. The second-order valence-corrected chi connectivity index (χ2v) is 8.20. The van der Waals surface area contributed by atoms with E-state index in [1.54, 1.807) is 0 Å². The first-order valence-electron chi connectivity index (χ1n) is 10.3. The Bertz CT molecular complexity index is 966. The zero-order valence-electron chi connectivity index (χ0n) is 17.3. The molecule has 0 unspecified atom stereocenters. The van der Waals surface area contributed by atoms with Gasteiger partial charge in [-0.1, -0.05) is 49.7 Å². The van der Waals surface area contributed by atoms with E-state index < -0.39 is 0 Å². The van der Waals surface area contributed by atoms with Crippen molar-refractivity contribution >= 4 is 0 Å². The first kappa shape index (κ1) is 18.0. The van der Waals surface area contributed by atoms with Crippen molar-refractivity contribution in [2.45, 2.75) is 65.8 Å². The molecule has 0 spiro atoms. The Morgan fingerprint density at radius 3 is 2.33 bits per heavy atom. The molecule has 2 heteroatoms. The van der Waals surface area contributed by atoms with Gasteiger partial charge in [0.2, 0.25) is 0 Å². The molecule has 0 aliphatic carbocycles. The monoisotopic (exact) mass is 359 g/mol. The van der Waals surface area contributed by atoms with Crippen molar-refractivity contribution in [1.82, 2.24) is 4.57 Å². The lowest BCUT2D eigenvalue weighted by Crippen LogP contribution is -2.55. The fourth-order valence-corrected chi connectivity index (χ4v) is 5.15. The highest BCUT2D eigenvalue weighted by molar-refractivity contribution is 5.63. The van der Waals surface area contributed by atoms with Crippen LogP contribution in [0.25, 0.3) is 17.1 Å². The Kier molecular flexibility index (Phi) is 4.46. The number of fused-ring (bicyclic) bond motifs is 3. The lowest BCUT2D eigenvalue weighted by atomic mass is 9.86. The van der Waals surface area contributed by atoms with Crippen LogP contribution in [-0.2, 0) is 12.0 Å². The lowest BCUT2D eigenvalue weighted by Gasteiger charge is -2.28. The molecule has 0 saturated heterocycles. The average molecular weight is 360 g/mol. The molecule has 1 aromatic heterocycles. The molecule has 0 radical (unpaired) electrons. The Morgan fingerprint density at radius 2 is 1.67 bits per heavy atom. The van der Waals surface area contributed by atoms with Crippen LogP contribution in [0.5, 0.6) is 0 Å². The Hall–Kier alpha value is -2.35. The van der Waals surface area contributed by atoms with Gasteiger partial charge in [0.15, 0.2) is 0 Å². The number of hydrogen-bond acceptors (Lipinski definition) is 0. The van der Waals surface area contributed by atoms with Crippen molar-refractivity contribution in [3.63, 3.8) is 0 Å². The molecule has 2 aromatic carbocycles. The summed E-state index contributed by atoms with van der Waals surface area (Å²) in [6.07, 6.45) is 9.26. The van der Waals surface area contributed by atoms with E-state index in [2.05, 4.69) is 92.5 Å². The molecule has 0 fully saturated rings. The van der Waals surface area contributed by atoms with Crippen LogP contribution in [0.15, 0.2) is 48.8 Å². The van der Waals surface area contributed by atoms with Crippen molar-refractivity contribution in [2.24, 2.45) is 0 Å². The predicted molar refractivity (Wildman–Crippen MR) is 112 cm³/mol.